The highest BCUT2D eigenvalue weighted by Gasteiger charge is 2.35. The van der Waals surface area contributed by atoms with E-state index in [2.05, 4.69) is 5.32 Å². The lowest BCUT2D eigenvalue weighted by Gasteiger charge is -2.27. The van der Waals surface area contributed by atoms with Gasteiger partial charge in [-0.25, -0.2) is 12.7 Å². The van der Waals surface area contributed by atoms with Crippen molar-refractivity contribution in [3.63, 3.8) is 0 Å². The molecule has 1 heterocycles. The molecule has 6 heteroatoms. The first-order valence-electron chi connectivity index (χ1n) is 6.32. The average molecular weight is 284 g/mol. The van der Waals surface area contributed by atoms with Gasteiger partial charge in [0.05, 0.1) is 11.4 Å². The van der Waals surface area contributed by atoms with Crippen molar-refractivity contribution in [2.75, 3.05) is 26.7 Å². The minimum absolute atomic E-state index is 0.0339. The van der Waals surface area contributed by atoms with E-state index < -0.39 is 15.6 Å². The SMILES string of the molecule is CN(CC1(O)CCNC1)S(=O)(=O)Cc1ccccc1. The smallest absolute Gasteiger partial charge is 0.218 e. The van der Waals surface area contributed by atoms with Crippen LogP contribution in [0.15, 0.2) is 30.3 Å². The first-order valence-corrected chi connectivity index (χ1v) is 7.93. The number of hydrogen-bond acceptors (Lipinski definition) is 4. The Kier molecular flexibility index (Phi) is 4.25. The molecule has 5 nitrogen and oxygen atoms in total. The molecule has 1 aromatic carbocycles. The van der Waals surface area contributed by atoms with Crippen LogP contribution in [0.25, 0.3) is 0 Å². The Labute approximate surface area is 114 Å². The second-order valence-corrected chi connectivity index (χ2v) is 7.22. The number of benzene rings is 1. The Hall–Kier alpha value is -0.950. The predicted molar refractivity (Wildman–Crippen MR) is 74.1 cm³/mol. The standard InChI is InChI=1S/C13H20N2O3S/c1-15(11-13(16)7-8-14-10-13)19(17,18)9-12-5-3-2-4-6-12/h2-6,14,16H,7-11H2,1H3. The maximum atomic E-state index is 12.2. The van der Waals surface area contributed by atoms with Gasteiger partial charge < -0.3 is 10.4 Å². The number of nitrogens with zero attached hydrogens (tertiary/aromatic N) is 1. The summed E-state index contributed by atoms with van der Waals surface area (Å²) in [5.41, 5.74) is -0.190. The molecule has 0 radical (unpaired) electrons. The van der Waals surface area contributed by atoms with E-state index in [-0.39, 0.29) is 12.3 Å². The molecular formula is C13H20N2O3S. The molecule has 1 saturated heterocycles. The van der Waals surface area contributed by atoms with E-state index >= 15 is 0 Å². The summed E-state index contributed by atoms with van der Waals surface area (Å²) in [7, 11) is -1.87. The van der Waals surface area contributed by atoms with Crippen LogP contribution in [0.3, 0.4) is 0 Å². The maximum Gasteiger partial charge on any atom is 0.218 e. The molecule has 1 atom stereocenters. The van der Waals surface area contributed by atoms with Crippen molar-refractivity contribution in [3.05, 3.63) is 35.9 Å². The largest absolute Gasteiger partial charge is 0.387 e. The molecule has 0 bridgehead atoms. The molecule has 0 aromatic heterocycles. The lowest BCUT2D eigenvalue weighted by atomic mass is 10.0. The van der Waals surface area contributed by atoms with Gasteiger partial charge >= 0.3 is 0 Å². The first-order chi connectivity index (χ1) is 8.91. The van der Waals surface area contributed by atoms with Gasteiger partial charge in [0.15, 0.2) is 0 Å². The van der Waals surface area contributed by atoms with Crippen LogP contribution >= 0.6 is 0 Å². The Balaban J connectivity index is 2.03. The average Bonchev–Trinajstić information content (AvgIpc) is 2.76. The van der Waals surface area contributed by atoms with Gasteiger partial charge in [0.25, 0.3) is 0 Å². The fraction of sp³-hybridized carbons (Fsp3) is 0.538. The Morgan fingerprint density at radius 1 is 1.37 bits per heavy atom. The monoisotopic (exact) mass is 284 g/mol. The number of β-amino-alcohol motifs (C(OH)–C–C–N with tert-alkyl or cyclic N) is 1. The minimum Gasteiger partial charge on any atom is -0.387 e. The molecule has 1 aromatic rings. The second-order valence-electron chi connectivity index (χ2n) is 5.15. The van der Waals surface area contributed by atoms with Gasteiger partial charge in [-0.15, -0.1) is 0 Å². The zero-order valence-corrected chi connectivity index (χ0v) is 11.9. The van der Waals surface area contributed by atoms with Gasteiger partial charge in [-0.05, 0) is 18.5 Å². The van der Waals surface area contributed by atoms with Gasteiger partial charge in [0.1, 0.15) is 0 Å². The van der Waals surface area contributed by atoms with Crippen LogP contribution in [-0.2, 0) is 15.8 Å². The normalized spacial score (nSPS) is 23.9. The third-order valence-corrected chi connectivity index (χ3v) is 5.18. The van der Waals surface area contributed by atoms with Gasteiger partial charge in [0, 0.05) is 20.1 Å². The zero-order chi connectivity index (χ0) is 13.9. The Bertz CT molecular complexity index is 510. The van der Waals surface area contributed by atoms with E-state index in [9.17, 15) is 13.5 Å². The lowest BCUT2D eigenvalue weighted by molar-refractivity contribution is 0.0462. The second kappa shape index (κ2) is 5.58. The third kappa shape index (κ3) is 3.76. The van der Waals surface area contributed by atoms with E-state index in [1.54, 1.807) is 12.1 Å². The van der Waals surface area contributed by atoms with Crippen LogP contribution in [0.1, 0.15) is 12.0 Å². The van der Waals surface area contributed by atoms with Crippen LogP contribution < -0.4 is 5.32 Å². The molecule has 1 aliphatic rings. The summed E-state index contributed by atoms with van der Waals surface area (Å²) < 4.78 is 25.7. The number of likely N-dealkylation sites (N-methyl/N-ethyl adjacent to an activating group) is 1. The van der Waals surface area contributed by atoms with E-state index in [1.165, 1.54) is 11.4 Å². The summed E-state index contributed by atoms with van der Waals surface area (Å²) >= 11 is 0. The molecule has 0 saturated carbocycles. The van der Waals surface area contributed by atoms with Crippen LogP contribution in [0, 0.1) is 0 Å². The number of hydrogen-bond donors (Lipinski definition) is 2. The fourth-order valence-corrected chi connectivity index (χ4v) is 3.54. The van der Waals surface area contributed by atoms with Crippen LogP contribution in [0.2, 0.25) is 0 Å². The number of aliphatic hydroxyl groups is 1. The van der Waals surface area contributed by atoms with Crippen molar-refractivity contribution in [1.82, 2.24) is 9.62 Å². The molecule has 106 valence electrons. The highest BCUT2D eigenvalue weighted by Crippen LogP contribution is 2.18. The van der Waals surface area contributed by atoms with Crippen molar-refractivity contribution in [1.29, 1.82) is 0 Å². The summed E-state index contributed by atoms with van der Waals surface area (Å²) in [5.74, 6) is -0.0339. The first kappa shape index (κ1) is 14.5. The van der Waals surface area contributed by atoms with Gasteiger partial charge in [-0.3, -0.25) is 0 Å². The molecule has 0 spiro atoms. The number of rotatable bonds is 5. The number of nitrogens with one attached hydrogen (secondary N) is 1. The third-order valence-electron chi connectivity index (χ3n) is 3.40. The zero-order valence-electron chi connectivity index (χ0n) is 11.0. The highest BCUT2D eigenvalue weighted by atomic mass is 32.2. The number of sulfonamides is 1. The van der Waals surface area contributed by atoms with E-state index in [1.807, 2.05) is 18.2 Å². The summed E-state index contributed by atoms with van der Waals surface area (Å²) in [6, 6.07) is 9.07. The van der Waals surface area contributed by atoms with Crippen molar-refractivity contribution in [2.45, 2.75) is 17.8 Å². The Morgan fingerprint density at radius 3 is 2.63 bits per heavy atom. The van der Waals surface area contributed by atoms with Crippen LogP contribution in [0.5, 0.6) is 0 Å². The van der Waals surface area contributed by atoms with Crippen LogP contribution in [-0.4, -0.2) is 50.1 Å². The summed E-state index contributed by atoms with van der Waals surface area (Å²) in [6.07, 6.45) is 0.582. The Morgan fingerprint density at radius 2 is 2.05 bits per heavy atom. The fourth-order valence-electron chi connectivity index (χ4n) is 2.27. The van der Waals surface area contributed by atoms with E-state index in [0.717, 1.165) is 12.1 Å². The van der Waals surface area contributed by atoms with Crippen molar-refractivity contribution in [3.8, 4) is 0 Å². The quantitative estimate of drug-likeness (QED) is 0.809. The molecular weight excluding hydrogens is 264 g/mol. The molecule has 1 fully saturated rings. The lowest BCUT2D eigenvalue weighted by Crippen LogP contribution is -2.45. The molecule has 19 heavy (non-hydrogen) atoms. The van der Waals surface area contributed by atoms with Crippen molar-refractivity contribution >= 4 is 10.0 Å². The molecule has 0 amide bonds. The van der Waals surface area contributed by atoms with Gasteiger partial charge in [0.2, 0.25) is 10.0 Å². The van der Waals surface area contributed by atoms with E-state index in [4.69, 9.17) is 0 Å². The maximum absolute atomic E-state index is 12.2. The van der Waals surface area contributed by atoms with Crippen LogP contribution in [0.4, 0.5) is 0 Å². The highest BCUT2D eigenvalue weighted by molar-refractivity contribution is 7.88. The predicted octanol–water partition coefficient (Wildman–Crippen LogP) is 0.173. The molecule has 2 N–H and O–H groups in total. The molecule has 2 rings (SSSR count). The summed E-state index contributed by atoms with van der Waals surface area (Å²) in [5, 5.41) is 13.3. The summed E-state index contributed by atoms with van der Waals surface area (Å²) in [4.78, 5) is 0. The molecule has 0 aliphatic carbocycles. The molecule has 1 unspecified atom stereocenters. The summed E-state index contributed by atoms with van der Waals surface area (Å²) in [6.45, 7) is 1.30. The van der Waals surface area contributed by atoms with Crippen molar-refractivity contribution < 1.29 is 13.5 Å². The van der Waals surface area contributed by atoms with Gasteiger partial charge in [-0.1, -0.05) is 30.3 Å². The van der Waals surface area contributed by atoms with E-state index in [0.29, 0.717) is 13.0 Å². The topological polar surface area (TPSA) is 69.6 Å². The van der Waals surface area contributed by atoms with Crippen molar-refractivity contribution in [2.24, 2.45) is 0 Å². The minimum atomic E-state index is -3.39. The van der Waals surface area contributed by atoms with Gasteiger partial charge in [-0.2, -0.15) is 0 Å². The molecule has 1 aliphatic heterocycles.